The molecule has 6 heteroatoms. The number of guanidine groups is 1. The number of aryl methyl sites for hydroxylation is 1. The van der Waals surface area contributed by atoms with Crippen LogP contribution < -0.4 is 10.6 Å². The lowest BCUT2D eigenvalue weighted by Crippen LogP contribution is -2.48. The first-order valence-electron chi connectivity index (χ1n) is 7.34. The molecule has 0 heterocycles. The van der Waals surface area contributed by atoms with Crippen molar-refractivity contribution in [1.29, 1.82) is 0 Å². The van der Waals surface area contributed by atoms with Gasteiger partial charge in [0.05, 0.1) is 6.54 Å². The lowest BCUT2D eigenvalue weighted by Gasteiger charge is -2.27. The first kappa shape index (κ1) is 18.7. The van der Waals surface area contributed by atoms with Crippen molar-refractivity contribution in [3.8, 4) is 0 Å². The number of hydrogen-bond donors (Lipinski definition) is 2. The van der Waals surface area contributed by atoms with Crippen LogP contribution in [0.2, 0.25) is 0 Å². The van der Waals surface area contributed by atoms with E-state index in [0.29, 0.717) is 12.0 Å². The van der Waals surface area contributed by atoms with E-state index in [2.05, 4.69) is 39.9 Å². The molecule has 0 aromatic heterocycles. The van der Waals surface area contributed by atoms with Gasteiger partial charge in [-0.2, -0.15) is 0 Å². The zero-order chi connectivity index (χ0) is 15.2. The quantitative estimate of drug-likeness (QED) is 0.445. The third kappa shape index (κ3) is 5.15. The number of carbonyl (C=O) groups is 1. The van der Waals surface area contributed by atoms with Crippen LogP contribution in [0.4, 0.5) is 0 Å². The van der Waals surface area contributed by atoms with Gasteiger partial charge in [0, 0.05) is 27.2 Å². The van der Waals surface area contributed by atoms with Crippen molar-refractivity contribution in [1.82, 2.24) is 15.5 Å². The smallest absolute Gasteiger partial charge is 0.241 e. The highest BCUT2D eigenvalue weighted by Gasteiger charge is 2.19. The molecule has 1 aliphatic carbocycles. The largest absolute Gasteiger partial charge is 0.353 e. The zero-order valence-electron chi connectivity index (χ0n) is 13.4. The number of nitrogens with zero attached hydrogens (tertiary/aromatic N) is 2. The Bertz CT molecular complexity index is 531. The van der Waals surface area contributed by atoms with Crippen LogP contribution in [0.1, 0.15) is 17.5 Å². The average molecular weight is 416 g/mol. The maximum absolute atomic E-state index is 11.6. The van der Waals surface area contributed by atoms with Crippen LogP contribution in [0, 0.1) is 0 Å². The summed E-state index contributed by atoms with van der Waals surface area (Å²) in [7, 11) is 5.22. The van der Waals surface area contributed by atoms with Gasteiger partial charge in [-0.25, -0.2) is 0 Å². The molecule has 1 unspecified atom stereocenters. The van der Waals surface area contributed by atoms with Crippen LogP contribution >= 0.6 is 24.0 Å². The Balaban J connectivity index is 0.00000242. The van der Waals surface area contributed by atoms with Gasteiger partial charge < -0.3 is 15.5 Å². The summed E-state index contributed by atoms with van der Waals surface area (Å²) in [5, 5.41) is 6.48. The molecular formula is C16H25IN4O. The molecule has 5 nitrogen and oxygen atoms in total. The molecule has 1 aromatic carbocycles. The van der Waals surface area contributed by atoms with Crippen molar-refractivity contribution in [3.63, 3.8) is 0 Å². The maximum atomic E-state index is 11.6. The van der Waals surface area contributed by atoms with Crippen LogP contribution in [0.3, 0.4) is 0 Å². The number of aliphatic imine (C=N–C) groups is 1. The van der Waals surface area contributed by atoms with E-state index in [1.165, 1.54) is 11.1 Å². The summed E-state index contributed by atoms with van der Waals surface area (Å²) in [6.45, 7) is 0.260. The normalized spacial score (nSPS) is 17.0. The van der Waals surface area contributed by atoms with Crippen LogP contribution in [-0.4, -0.2) is 50.5 Å². The van der Waals surface area contributed by atoms with Crippen LogP contribution in [0.5, 0.6) is 0 Å². The molecule has 0 saturated carbocycles. The minimum Gasteiger partial charge on any atom is -0.353 e. The maximum Gasteiger partial charge on any atom is 0.241 e. The predicted molar refractivity (Wildman–Crippen MR) is 101 cm³/mol. The molecule has 2 N–H and O–H groups in total. The standard InChI is InChI=1S/C16H24N4O.HI/c1-17-16(18-11-15(21)20(2)3)19-14-9-8-12-6-4-5-7-13(12)10-14;/h4-7,14H,8-11H2,1-3H3,(H2,17,18,19);1H. The Hall–Kier alpha value is -1.31. The highest BCUT2D eigenvalue weighted by molar-refractivity contribution is 14.0. The molecule has 0 saturated heterocycles. The van der Waals surface area contributed by atoms with Gasteiger partial charge in [-0.1, -0.05) is 24.3 Å². The second-order valence-corrected chi connectivity index (χ2v) is 5.57. The van der Waals surface area contributed by atoms with E-state index in [-0.39, 0.29) is 36.4 Å². The Morgan fingerprint density at radius 3 is 2.64 bits per heavy atom. The van der Waals surface area contributed by atoms with Gasteiger partial charge in [-0.05, 0) is 30.4 Å². The average Bonchev–Trinajstić information content (AvgIpc) is 2.50. The van der Waals surface area contributed by atoms with E-state index in [0.717, 1.165) is 19.3 Å². The van der Waals surface area contributed by atoms with Gasteiger partial charge >= 0.3 is 0 Å². The number of amides is 1. The van der Waals surface area contributed by atoms with Crippen LogP contribution in [0.15, 0.2) is 29.3 Å². The second-order valence-electron chi connectivity index (χ2n) is 5.57. The SMILES string of the molecule is CN=C(NCC(=O)N(C)C)NC1CCc2ccccc2C1.I. The van der Waals surface area contributed by atoms with Gasteiger partial charge in [0.2, 0.25) is 5.91 Å². The fraction of sp³-hybridized carbons (Fsp3) is 0.500. The summed E-state index contributed by atoms with van der Waals surface area (Å²) in [5.74, 6) is 0.724. The Morgan fingerprint density at radius 2 is 2.00 bits per heavy atom. The molecule has 1 aliphatic rings. The fourth-order valence-electron chi connectivity index (χ4n) is 2.53. The first-order valence-corrected chi connectivity index (χ1v) is 7.34. The van der Waals surface area contributed by atoms with Gasteiger partial charge in [0.1, 0.15) is 0 Å². The monoisotopic (exact) mass is 416 g/mol. The Morgan fingerprint density at radius 1 is 1.32 bits per heavy atom. The fourth-order valence-corrected chi connectivity index (χ4v) is 2.53. The van der Waals surface area contributed by atoms with E-state index in [1.807, 2.05) is 0 Å². The number of nitrogens with one attached hydrogen (secondary N) is 2. The molecule has 2 rings (SSSR count). The Kier molecular flexibility index (Phi) is 7.64. The molecule has 0 fully saturated rings. The molecule has 0 bridgehead atoms. The molecule has 0 aliphatic heterocycles. The molecule has 22 heavy (non-hydrogen) atoms. The third-order valence-corrected chi connectivity index (χ3v) is 3.82. The Labute approximate surface area is 149 Å². The summed E-state index contributed by atoms with van der Waals surface area (Å²) in [5.41, 5.74) is 2.85. The minimum absolute atomic E-state index is 0. The summed E-state index contributed by atoms with van der Waals surface area (Å²) in [6, 6.07) is 8.94. The molecule has 1 aromatic rings. The van der Waals surface area contributed by atoms with Gasteiger partial charge in [-0.3, -0.25) is 9.79 Å². The number of carbonyl (C=O) groups excluding carboxylic acids is 1. The summed E-state index contributed by atoms with van der Waals surface area (Å²) in [6.07, 6.45) is 3.17. The summed E-state index contributed by atoms with van der Waals surface area (Å²) < 4.78 is 0. The van der Waals surface area contributed by atoms with E-state index in [4.69, 9.17) is 0 Å². The van der Waals surface area contributed by atoms with Crippen molar-refractivity contribution in [3.05, 3.63) is 35.4 Å². The predicted octanol–water partition coefficient (Wildman–Crippen LogP) is 1.42. The van der Waals surface area contributed by atoms with Crippen LogP contribution in [0.25, 0.3) is 0 Å². The van der Waals surface area contributed by atoms with Crippen LogP contribution in [-0.2, 0) is 17.6 Å². The van der Waals surface area contributed by atoms with Crippen molar-refractivity contribution in [2.24, 2.45) is 4.99 Å². The second kappa shape index (κ2) is 8.97. The highest BCUT2D eigenvalue weighted by atomic mass is 127. The third-order valence-electron chi connectivity index (χ3n) is 3.82. The summed E-state index contributed by atoms with van der Waals surface area (Å²) in [4.78, 5) is 17.4. The first-order chi connectivity index (χ1) is 10.1. The minimum atomic E-state index is 0. The molecule has 122 valence electrons. The number of hydrogen-bond acceptors (Lipinski definition) is 2. The number of benzene rings is 1. The van der Waals surface area contributed by atoms with Crippen molar-refractivity contribution < 1.29 is 4.79 Å². The van der Waals surface area contributed by atoms with E-state index in [9.17, 15) is 4.79 Å². The van der Waals surface area contributed by atoms with Gasteiger partial charge in [-0.15, -0.1) is 24.0 Å². The number of likely N-dealkylation sites (N-methyl/N-ethyl adjacent to an activating group) is 1. The number of fused-ring (bicyclic) bond motifs is 1. The van der Waals surface area contributed by atoms with Crippen molar-refractivity contribution in [2.45, 2.75) is 25.3 Å². The van der Waals surface area contributed by atoms with E-state index >= 15 is 0 Å². The van der Waals surface area contributed by atoms with Gasteiger partial charge in [0.25, 0.3) is 0 Å². The number of rotatable bonds is 3. The van der Waals surface area contributed by atoms with Gasteiger partial charge in [0.15, 0.2) is 5.96 Å². The lowest BCUT2D eigenvalue weighted by molar-refractivity contribution is -0.127. The molecule has 0 radical (unpaired) electrons. The molecular weight excluding hydrogens is 391 g/mol. The summed E-state index contributed by atoms with van der Waals surface area (Å²) >= 11 is 0. The van der Waals surface area contributed by atoms with Crippen molar-refractivity contribution in [2.75, 3.05) is 27.7 Å². The topological polar surface area (TPSA) is 56.7 Å². The highest BCUT2D eigenvalue weighted by Crippen LogP contribution is 2.20. The molecule has 1 amide bonds. The zero-order valence-corrected chi connectivity index (χ0v) is 15.8. The molecule has 0 spiro atoms. The van der Waals surface area contributed by atoms with Crippen molar-refractivity contribution >= 4 is 35.8 Å². The van der Waals surface area contributed by atoms with E-state index in [1.54, 1.807) is 26.0 Å². The van der Waals surface area contributed by atoms with E-state index < -0.39 is 0 Å². The lowest BCUT2D eigenvalue weighted by atomic mass is 9.88. The molecule has 1 atom stereocenters. The number of halogens is 1.